The van der Waals surface area contributed by atoms with Gasteiger partial charge in [0.25, 0.3) is 0 Å². The fourth-order valence-electron chi connectivity index (χ4n) is 2.15. The molecule has 3 nitrogen and oxygen atoms in total. The highest BCUT2D eigenvalue weighted by Crippen LogP contribution is 2.28. The van der Waals surface area contributed by atoms with Crippen molar-refractivity contribution in [2.24, 2.45) is 0 Å². The van der Waals surface area contributed by atoms with Crippen LogP contribution in [-0.2, 0) is 14.6 Å². The van der Waals surface area contributed by atoms with Crippen LogP contribution >= 0.6 is 11.8 Å². The first-order valence-corrected chi connectivity index (χ1v) is 9.74. The lowest BCUT2D eigenvalue weighted by atomic mass is 10.0. The Hall–Kier alpha value is -0.0300. The second-order valence-electron chi connectivity index (χ2n) is 4.95. The summed E-state index contributed by atoms with van der Waals surface area (Å²) < 4.78 is 22.5. The Morgan fingerprint density at radius 3 is 2.50 bits per heavy atom. The molecular formula is C13H24O3S2. The lowest BCUT2D eigenvalue weighted by Gasteiger charge is -2.20. The Bertz CT molecular complexity index is 343. The summed E-state index contributed by atoms with van der Waals surface area (Å²) in [5.74, 6) is 1.11. The molecule has 0 heterocycles. The maximum atomic E-state index is 11.6. The van der Waals surface area contributed by atoms with Crippen LogP contribution in [-0.4, -0.2) is 36.7 Å². The van der Waals surface area contributed by atoms with Crippen LogP contribution in [0.1, 0.15) is 51.9 Å². The van der Waals surface area contributed by atoms with Crippen molar-refractivity contribution in [3.63, 3.8) is 0 Å². The van der Waals surface area contributed by atoms with Gasteiger partial charge in [0.05, 0.1) is 11.5 Å². The van der Waals surface area contributed by atoms with Gasteiger partial charge in [-0.1, -0.05) is 26.2 Å². The average Bonchev–Trinajstić information content (AvgIpc) is 2.37. The molecule has 1 aliphatic rings. The zero-order valence-electron chi connectivity index (χ0n) is 11.2. The maximum Gasteiger partial charge on any atom is 0.150 e. The number of carbonyl (C=O) groups is 1. The fraction of sp³-hybridized carbons (Fsp3) is 0.923. The van der Waals surface area contributed by atoms with Crippen molar-refractivity contribution in [3.8, 4) is 0 Å². The van der Waals surface area contributed by atoms with Crippen LogP contribution in [0.5, 0.6) is 0 Å². The van der Waals surface area contributed by atoms with Crippen LogP contribution in [0.2, 0.25) is 0 Å². The lowest BCUT2D eigenvalue weighted by molar-refractivity contribution is -0.116. The van der Waals surface area contributed by atoms with Gasteiger partial charge in [0.1, 0.15) is 15.6 Å². The highest BCUT2D eigenvalue weighted by molar-refractivity contribution is 8.00. The summed E-state index contributed by atoms with van der Waals surface area (Å²) in [6.45, 7) is 1.65. The van der Waals surface area contributed by atoms with E-state index in [9.17, 15) is 13.2 Å². The summed E-state index contributed by atoms with van der Waals surface area (Å²) in [6, 6.07) is 0. The number of ketones is 1. The molecule has 0 bridgehead atoms. The number of Topliss-reactive ketones (excluding diaryl/α,β-unsaturated/α-hetero) is 1. The van der Waals surface area contributed by atoms with Crippen molar-refractivity contribution < 1.29 is 13.2 Å². The largest absolute Gasteiger partial charge is 0.299 e. The SMILES string of the molecule is CCS(=O)(=O)CCCC(=O)CSC1CCCCC1. The molecule has 106 valence electrons. The van der Waals surface area contributed by atoms with Crippen molar-refractivity contribution >= 4 is 27.4 Å². The second-order valence-corrected chi connectivity index (χ2v) is 8.71. The van der Waals surface area contributed by atoms with Gasteiger partial charge >= 0.3 is 0 Å². The maximum absolute atomic E-state index is 11.6. The third kappa shape index (κ3) is 6.78. The van der Waals surface area contributed by atoms with Gasteiger partial charge in [-0.15, -0.1) is 0 Å². The summed E-state index contributed by atoms with van der Waals surface area (Å²) >= 11 is 1.77. The molecule has 0 aliphatic heterocycles. The topological polar surface area (TPSA) is 51.2 Å². The van der Waals surface area contributed by atoms with Crippen molar-refractivity contribution in [2.45, 2.75) is 57.1 Å². The molecule has 5 heteroatoms. The molecule has 0 aromatic rings. The molecule has 0 N–H and O–H groups in total. The molecule has 0 aromatic carbocycles. The summed E-state index contributed by atoms with van der Waals surface area (Å²) in [5.41, 5.74) is 0. The summed E-state index contributed by atoms with van der Waals surface area (Å²) in [5, 5.41) is 0.655. The van der Waals surface area contributed by atoms with Gasteiger partial charge in [-0.2, -0.15) is 11.8 Å². The van der Waals surface area contributed by atoms with Gasteiger partial charge < -0.3 is 0 Å². The monoisotopic (exact) mass is 292 g/mol. The van der Waals surface area contributed by atoms with Gasteiger partial charge in [0.15, 0.2) is 0 Å². The van der Waals surface area contributed by atoms with Gasteiger partial charge in [0, 0.05) is 17.4 Å². The predicted octanol–water partition coefficient (Wildman–Crippen LogP) is 2.84. The summed E-state index contributed by atoms with van der Waals surface area (Å²) in [4.78, 5) is 11.6. The van der Waals surface area contributed by atoms with Crippen LogP contribution in [0.3, 0.4) is 0 Å². The van der Waals surface area contributed by atoms with Gasteiger partial charge in [-0.25, -0.2) is 8.42 Å². The number of carbonyl (C=O) groups excluding carboxylic acids is 1. The van der Waals surface area contributed by atoms with E-state index in [0.29, 0.717) is 23.8 Å². The molecule has 1 rings (SSSR count). The Kier molecular flexibility index (Phi) is 7.30. The van der Waals surface area contributed by atoms with Crippen molar-refractivity contribution in [2.75, 3.05) is 17.3 Å². The quantitative estimate of drug-likeness (QED) is 0.690. The van der Waals surface area contributed by atoms with Crippen LogP contribution in [0.4, 0.5) is 0 Å². The molecule has 18 heavy (non-hydrogen) atoms. The van der Waals surface area contributed by atoms with Gasteiger partial charge in [-0.05, 0) is 19.3 Å². The van der Waals surface area contributed by atoms with E-state index >= 15 is 0 Å². The number of thioether (sulfide) groups is 1. The third-order valence-corrected chi connectivity index (χ3v) is 6.60. The van der Waals surface area contributed by atoms with E-state index in [1.54, 1.807) is 18.7 Å². The van der Waals surface area contributed by atoms with Crippen LogP contribution in [0, 0.1) is 0 Å². The van der Waals surface area contributed by atoms with Crippen LogP contribution < -0.4 is 0 Å². The molecule has 1 aliphatic carbocycles. The van der Waals surface area contributed by atoms with Crippen LogP contribution in [0.25, 0.3) is 0 Å². The predicted molar refractivity (Wildman–Crippen MR) is 77.9 cm³/mol. The molecule has 0 unspecified atom stereocenters. The summed E-state index contributed by atoms with van der Waals surface area (Å²) in [7, 11) is -2.91. The lowest BCUT2D eigenvalue weighted by Crippen LogP contribution is -2.14. The first-order chi connectivity index (χ1) is 8.53. The Morgan fingerprint density at radius 1 is 1.22 bits per heavy atom. The van der Waals surface area contributed by atoms with E-state index in [1.165, 1.54) is 32.1 Å². The van der Waals surface area contributed by atoms with Crippen LogP contribution in [0.15, 0.2) is 0 Å². The Balaban J connectivity index is 2.10. The summed E-state index contributed by atoms with van der Waals surface area (Å²) in [6.07, 6.45) is 7.30. The minimum absolute atomic E-state index is 0.156. The fourth-order valence-corrected chi connectivity index (χ4v) is 4.25. The number of sulfone groups is 1. The van der Waals surface area contributed by atoms with Crippen molar-refractivity contribution in [1.29, 1.82) is 0 Å². The van der Waals surface area contributed by atoms with Crippen molar-refractivity contribution in [1.82, 2.24) is 0 Å². The number of rotatable bonds is 8. The Labute approximate surface area is 115 Å². The molecule has 0 saturated heterocycles. The molecule has 1 saturated carbocycles. The molecule has 0 aromatic heterocycles. The molecular weight excluding hydrogens is 268 g/mol. The standard InChI is InChI=1S/C13H24O3S2/c1-2-18(15,16)10-6-7-12(14)11-17-13-8-4-3-5-9-13/h13H,2-11H2,1H3. The van der Waals surface area contributed by atoms with Gasteiger partial charge in [-0.3, -0.25) is 4.79 Å². The van der Waals surface area contributed by atoms with E-state index in [2.05, 4.69) is 0 Å². The first kappa shape index (κ1) is 16.0. The van der Waals surface area contributed by atoms with E-state index in [4.69, 9.17) is 0 Å². The normalized spacial score (nSPS) is 17.8. The molecule has 1 fully saturated rings. The number of hydrogen-bond acceptors (Lipinski definition) is 4. The zero-order chi connectivity index (χ0) is 13.4. The zero-order valence-corrected chi connectivity index (χ0v) is 12.8. The van der Waals surface area contributed by atoms with E-state index in [0.717, 1.165) is 0 Å². The van der Waals surface area contributed by atoms with Crippen molar-refractivity contribution in [3.05, 3.63) is 0 Å². The van der Waals surface area contributed by atoms with Gasteiger partial charge in [0.2, 0.25) is 0 Å². The highest BCUT2D eigenvalue weighted by Gasteiger charge is 2.15. The van der Waals surface area contributed by atoms with E-state index < -0.39 is 9.84 Å². The smallest absolute Gasteiger partial charge is 0.150 e. The number of hydrogen-bond donors (Lipinski definition) is 0. The molecule has 0 atom stereocenters. The second kappa shape index (κ2) is 8.20. The highest BCUT2D eigenvalue weighted by atomic mass is 32.2. The van der Waals surface area contributed by atoms with E-state index in [1.807, 2.05) is 0 Å². The Morgan fingerprint density at radius 2 is 1.89 bits per heavy atom. The minimum atomic E-state index is -2.91. The molecule has 0 amide bonds. The molecule has 0 radical (unpaired) electrons. The third-order valence-electron chi connectivity index (χ3n) is 3.38. The van der Waals surface area contributed by atoms with E-state index in [-0.39, 0.29) is 17.3 Å². The average molecular weight is 292 g/mol. The first-order valence-electron chi connectivity index (χ1n) is 6.87. The molecule has 0 spiro atoms. The minimum Gasteiger partial charge on any atom is -0.299 e.